The van der Waals surface area contributed by atoms with Crippen molar-refractivity contribution < 1.29 is 22.7 Å². The lowest BCUT2D eigenvalue weighted by Gasteiger charge is -2.36. The van der Waals surface area contributed by atoms with Crippen LogP contribution in [-0.2, 0) is 18.1 Å². The Bertz CT molecular complexity index is 1430. The number of benzene rings is 2. The molecule has 0 unspecified atom stereocenters. The van der Waals surface area contributed by atoms with Gasteiger partial charge < -0.3 is 5.11 Å². The van der Waals surface area contributed by atoms with Gasteiger partial charge in [0.2, 0.25) is 4.77 Å². The van der Waals surface area contributed by atoms with Crippen molar-refractivity contribution in [2.24, 2.45) is 0 Å². The summed E-state index contributed by atoms with van der Waals surface area (Å²) >= 11 is 4.96. The zero-order valence-electron chi connectivity index (χ0n) is 17.2. The van der Waals surface area contributed by atoms with Gasteiger partial charge in [-0.1, -0.05) is 18.2 Å². The fourth-order valence-electron chi connectivity index (χ4n) is 3.50. The molecule has 0 bridgehead atoms. The van der Waals surface area contributed by atoms with Gasteiger partial charge in [-0.2, -0.15) is 14.0 Å². The molecule has 0 saturated heterocycles. The number of nitrogens with one attached hydrogen (secondary N) is 1. The number of H-pyrrole nitrogens is 1. The van der Waals surface area contributed by atoms with Crippen molar-refractivity contribution >= 4 is 12.2 Å². The quantitative estimate of drug-likeness (QED) is 0.302. The summed E-state index contributed by atoms with van der Waals surface area (Å²) in [6.07, 6.45) is 2.31. The first-order valence-electron chi connectivity index (χ1n) is 9.79. The van der Waals surface area contributed by atoms with Crippen LogP contribution >= 0.6 is 12.2 Å². The first-order chi connectivity index (χ1) is 16.2. The summed E-state index contributed by atoms with van der Waals surface area (Å²) in [6, 6.07) is 12.7. The van der Waals surface area contributed by atoms with Crippen LogP contribution in [-0.4, -0.2) is 24.9 Å². The fourth-order valence-corrected chi connectivity index (χ4v) is 3.67. The number of hydrogen-bond acceptors (Lipinski definition) is 5. The van der Waals surface area contributed by atoms with E-state index in [-0.39, 0.29) is 4.77 Å². The summed E-state index contributed by atoms with van der Waals surface area (Å²) in [7, 11) is 0. The summed E-state index contributed by atoms with van der Waals surface area (Å²) in [5.74, 6) is -6.49. The van der Waals surface area contributed by atoms with E-state index in [0.29, 0.717) is 22.8 Å². The molecule has 0 saturated carbocycles. The molecule has 0 radical (unpaired) electrons. The average molecular weight is 485 g/mol. The van der Waals surface area contributed by atoms with Crippen LogP contribution in [0.15, 0.2) is 67.1 Å². The Labute approximate surface area is 195 Å². The molecular formula is C23H15F4N5OS. The van der Waals surface area contributed by atoms with E-state index in [1.165, 1.54) is 12.3 Å². The summed E-state index contributed by atoms with van der Waals surface area (Å²) < 4.78 is 60.6. The van der Waals surface area contributed by atoms with Crippen LogP contribution in [0.4, 0.5) is 17.6 Å². The highest BCUT2D eigenvalue weighted by atomic mass is 32.1. The van der Waals surface area contributed by atoms with Crippen molar-refractivity contribution in [1.82, 2.24) is 19.7 Å². The number of aromatic nitrogens is 4. The van der Waals surface area contributed by atoms with Gasteiger partial charge in [-0.15, -0.1) is 0 Å². The molecule has 4 aromatic rings. The van der Waals surface area contributed by atoms with Crippen LogP contribution in [0.2, 0.25) is 0 Å². The molecule has 2 N–H and O–H groups in total. The third-order valence-corrected chi connectivity index (χ3v) is 5.66. The van der Waals surface area contributed by atoms with Crippen LogP contribution in [0, 0.1) is 27.7 Å². The zero-order valence-corrected chi connectivity index (χ0v) is 18.0. The SMILES string of the molecule is N#Cc1ccc(-c2ccc(C(F)(F)[C@](O)(Cn3[nH]cnc3=S)c3ccc(F)cc3F)nc2)cc1. The molecule has 0 amide bonds. The molecular weight excluding hydrogens is 470 g/mol. The van der Waals surface area contributed by atoms with E-state index in [4.69, 9.17) is 17.5 Å². The second-order valence-electron chi connectivity index (χ2n) is 7.44. The van der Waals surface area contributed by atoms with E-state index >= 15 is 8.78 Å². The van der Waals surface area contributed by atoms with E-state index in [1.807, 2.05) is 6.07 Å². The Kier molecular flexibility index (Phi) is 6.03. The Hall–Kier alpha value is -3.88. The van der Waals surface area contributed by atoms with Crippen molar-refractivity contribution in [2.75, 3.05) is 0 Å². The van der Waals surface area contributed by atoms with Gasteiger partial charge in [-0.25, -0.2) is 13.8 Å². The largest absolute Gasteiger partial charge is 0.377 e. The second kappa shape index (κ2) is 8.81. The van der Waals surface area contributed by atoms with Gasteiger partial charge in [0.1, 0.15) is 23.7 Å². The van der Waals surface area contributed by atoms with Crippen LogP contribution in [0.5, 0.6) is 0 Å². The predicted molar refractivity (Wildman–Crippen MR) is 116 cm³/mol. The number of rotatable bonds is 6. The average Bonchev–Trinajstić information content (AvgIpc) is 3.23. The molecule has 34 heavy (non-hydrogen) atoms. The van der Waals surface area contributed by atoms with Gasteiger partial charge >= 0.3 is 5.92 Å². The maximum Gasteiger partial charge on any atom is 0.323 e. The highest BCUT2D eigenvalue weighted by molar-refractivity contribution is 7.71. The Morgan fingerprint density at radius 3 is 2.29 bits per heavy atom. The summed E-state index contributed by atoms with van der Waals surface area (Å²) in [5, 5.41) is 22.7. The first kappa shape index (κ1) is 23.3. The normalized spacial score (nSPS) is 13.3. The fraction of sp³-hybridized carbons (Fsp3) is 0.130. The molecule has 172 valence electrons. The molecule has 6 nitrogen and oxygen atoms in total. The van der Waals surface area contributed by atoms with E-state index in [9.17, 15) is 13.9 Å². The van der Waals surface area contributed by atoms with E-state index in [1.54, 1.807) is 24.3 Å². The Morgan fingerprint density at radius 1 is 1.03 bits per heavy atom. The highest BCUT2D eigenvalue weighted by Gasteiger charge is 2.57. The molecule has 1 atom stereocenters. The van der Waals surface area contributed by atoms with Crippen LogP contribution < -0.4 is 0 Å². The van der Waals surface area contributed by atoms with Crippen molar-refractivity contribution in [3.05, 3.63) is 100 Å². The maximum absolute atomic E-state index is 15.8. The minimum Gasteiger partial charge on any atom is -0.377 e. The van der Waals surface area contributed by atoms with Crippen LogP contribution in [0.1, 0.15) is 16.8 Å². The van der Waals surface area contributed by atoms with Gasteiger partial charge in [0, 0.05) is 23.4 Å². The standard InChI is InChI=1S/C23H15F4N5OS/c24-17-6-7-18(19(25)9-17)22(33,12-32-21(34)30-13-31-32)23(26,27)20-8-5-16(11-29-20)15-3-1-14(10-28)2-4-15/h1-9,11,13,33H,12H2,(H,30,31,34)/t22-/m0/s1. The molecule has 2 heterocycles. The molecule has 0 aliphatic heterocycles. The lowest BCUT2D eigenvalue weighted by atomic mass is 9.84. The molecule has 2 aromatic heterocycles. The first-order valence-corrected chi connectivity index (χ1v) is 10.2. The van der Waals surface area contributed by atoms with Gasteiger partial charge in [0.15, 0.2) is 5.60 Å². The number of nitriles is 1. The topological polar surface area (TPSA) is 90.5 Å². The number of pyridine rings is 1. The summed E-state index contributed by atoms with van der Waals surface area (Å²) in [5.41, 5.74) is -3.35. The Morgan fingerprint density at radius 2 is 1.74 bits per heavy atom. The number of nitrogens with zero attached hydrogens (tertiary/aromatic N) is 4. The lowest BCUT2D eigenvalue weighted by Crippen LogP contribution is -2.48. The van der Waals surface area contributed by atoms with Crippen LogP contribution in [0.25, 0.3) is 11.1 Å². The Balaban J connectivity index is 1.79. The van der Waals surface area contributed by atoms with Gasteiger partial charge in [0.25, 0.3) is 0 Å². The monoisotopic (exact) mass is 485 g/mol. The number of aliphatic hydroxyl groups is 1. The summed E-state index contributed by atoms with van der Waals surface area (Å²) in [6.45, 7) is -0.916. The van der Waals surface area contributed by atoms with Gasteiger partial charge in [0.05, 0.1) is 18.2 Å². The van der Waals surface area contributed by atoms with Gasteiger partial charge in [-0.3, -0.25) is 14.8 Å². The number of halogens is 4. The highest BCUT2D eigenvalue weighted by Crippen LogP contribution is 2.47. The van der Waals surface area contributed by atoms with Crippen molar-refractivity contribution in [3.8, 4) is 17.2 Å². The minimum atomic E-state index is -4.14. The van der Waals surface area contributed by atoms with Crippen molar-refractivity contribution in [1.29, 1.82) is 5.26 Å². The summed E-state index contributed by atoms with van der Waals surface area (Å²) in [4.78, 5) is 7.55. The third-order valence-electron chi connectivity index (χ3n) is 5.34. The maximum atomic E-state index is 15.8. The lowest BCUT2D eigenvalue weighted by molar-refractivity contribution is -0.207. The van der Waals surface area contributed by atoms with E-state index in [0.717, 1.165) is 29.2 Å². The van der Waals surface area contributed by atoms with Gasteiger partial charge in [-0.05, 0) is 48.1 Å². The van der Waals surface area contributed by atoms with E-state index < -0.39 is 41.0 Å². The van der Waals surface area contributed by atoms with Crippen molar-refractivity contribution in [3.63, 3.8) is 0 Å². The molecule has 11 heteroatoms. The third kappa shape index (κ3) is 4.09. The molecule has 4 rings (SSSR count). The molecule has 2 aromatic carbocycles. The second-order valence-corrected chi connectivity index (χ2v) is 7.80. The molecule has 0 fully saturated rings. The van der Waals surface area contributed by atoms with E-state index in [2.05, 4.69) is 15.1 Å². The van der Waals surface area contributed by atoms with Crippen LogP contribution in [0.3, 0.4) is 0 Å². The minimum absolute atomic E-state index is 0.152. The molecule has 0 aliphatic rings. The number of aromatic amines is 1. The number of hydrogen-bond donors (Lipinski definition) is 2. The smallest absolute Gasteiger partial charge is 0.323 e. The molecule has 0 spiro atoms. The predicted octanol–water partition coefficient (Wildman–Crippen LogP) is 4.83. The van der Waals surface area contributed by atoms with Crippen molar-refractivity contribution in [2.45, 2.75) is 18.1 Å². The molecule has 0 aliphatic carbocycles. The number of alkyl halides is 2. The zero-order chi connectivity index (χ0) is 24.5.